The number of aromatic nitrogens is 3. The first-order valence-electron chi connectivity index (χ1n) is 7.76. The van der Waals surface area contributed by atoms with E-state index in [1.54, 1.807) is 43.6 Å². The van der Waals surface area contributed by atoms with Crippen molar-refractivity contribution < 1.29 is 4.79 Å². The van der Waals surface area contributed by atoms with Crippen LogP contribution in [0.5, 0.6) is 0 Å². The first-order valence-corrected chi connectivity index (χ1v) is 8.52. The van der Waals surface area contributed by atoms with Gasteiger partial charge in [0.25, 0.3) is 5.91 Å². The van der Waals surface area contributed by atoms with Gasteiger partial charge in [-0.1, -0.05) is 23.2 Å². The maximum Gasteiger partial charge on any atom is 0.270 e. The molecular formula is C18H15Cl2N5O. The van der Waals surface area contributed by atoms with Gasteiger partial charge in [-0.25, -0.2) is 9.97 Å². The molecule has 0 aliphatic rings. The summed E-state index contributed by atoms with van der Waals surface area (Å²) in [6.07, 6.45) is 3.35. The van der Waals surface area contributed by atoms with Crippen molar-refractivity contribution in [1.29, 1.82) is 0 Å². The molecule has 0 spiro atoms. The molecule has 2 heterocycles. The summed E-state index contributed by atoms with van der Waals surface area (Å²) >= 11 is 12.1. The molecule has 0 saturated heterocycles. The average molecular weight is 388 g/mol. The fourth-order valence-electron chi connectivity index (χ4n) is 2.23. The van der Waals surface area contributed by atoms with Gasteiger partial charge >= 0.3 is 0 Å². The van der Waals surface area contributed by atoms with Crippen LogP contribution in [0.2, 0.25) is 10.0 Å². The highest BCUT2D eigenvalue weighted by atomic mass is 35.5. The largest absolute Gasteiger partial charge is 0.347 e. The van der Waals surface area contributed by atoms with Crippen molar-refractivity contribution in [3.63, 3.8) is 0 Å². The predicted octanol–water partition coefficient (Wildman–Crippen LogP) is 4.16. The molecule has 1 aromatic carbocycles. The number of carbonyl (C=O) groups is 1. The lowest BCUT2D eigenvalue weighted by Gasteiger charge is -2.10. The number of amides is 1. The average Bonchev–Trinajstić information content (AvgIpc) is 2.63. The van der Waals surface area contributed by atoms with E-state index in [1.165, 1.54) is 0 Å². The molecular weight excluding hydrogens is 373 g/mol. The molecule has 2 N–H and O–H groups in total. The van der Waals surface area contributed by atoms with Crippen molar-refractivity contribution in [2.24, 2.45) is 0 Å². The van der Waals surface area contributed by atoms with E-state index in [0.29, 0.717) is 28.0 Å². The summed E-state index contributed by atoms with van der Waals surface area (Å²) in [4.78, 5) is 24.9. The minimum atomic E-state index is -0.299. The van der Waals surface area contributed by atoms with Crippen molar-refractivity contribution in [1.82, 2.24) is 20.3 Å². The predicted molar refractivity (Wildman–Crippen MR) is 102 cm³/mol. The van der Waals surface area contributed by atoms with E-state index in [-0.39, 0.29) is 17.5 Å². The second-order valence-electron chi connectivity index (χ2n) is 5.51. The van der Waals surface area contributed by atoms with Crippen LogP contribution in [0.3, 0.4) is 0 Å². The minimum absolute atomic E-state index is 0.257. The van der Waals surface area contributed by atoms with Gasteiger partial charge in [0.2, 0.25) is 5.95 Å². The lowest BCUT2D eigenvalue weighted by molar-refractivity contribution is 0.0945. The Morgan fingerprint density at radius 1 is 1.08 bits per heavy atom. The molecule has 0 radical (unpaired) electrons. The van der Waals surface area contributed by atoms with Crippen LogP contribution in [0.4, 0.5) is 11.6 Å². The fraction of sp³-hybridized carbons (Fsp3) is 0.111. The standard InChI is InChI=1S/C18H15Cl2N5O/c1-11-8-16(17(26)22-10-12-4-6-21-7-5-12)25-18(23-11)24-15-9-13(19)2-3-14(15)20/h2-9H,10H2,1H3,(H,22,26)(H,23,24,25). The first kappa shape index (κ1) is 18.1. The number of hydrogen-bond acceptors (Lipinski definition) is 5. The van der Waals surface area contributed by atoms with Gasteiger partial charge in [0.15, 0.2) is 0 Å². The van der Waals surface area contributed by atoms with Gasteiger partial charge in [-0.3, -0.25) is 9.78 Å². The minimum Gasteiger partial charge on any atom is -0.347 e. The van der Waals surface area contributed by atoms with Crippen LogP contribution >= 0.6 is 23.2 Å². The molecule has 26 heavy (non-hydrogen) atoms. The smallest absolute Gasteiger partial charge is 0.270 e. The summed E-state index contributed by atoms with van der Waals surface area (Å²) in [5, 5.41) is 6.82. The Morgan fingerprint density at radius 3 is 2.62 bits per heavy atom. The molecule has 8 heteroatoms. The van der Waals surface area contributed by atoms with E-state index >= 15 is 0 Å². The van der Waals surface area contributed by atoms with Crippen LogP contribution in [0.15, 0.2) is 48.8 Å². The number of anilines is 2. The van der Waals surface area contributed by atoms with E-state index in [4.69, 9.17) is 23.2 Å². The third-order valence-corrected chi connectivity index (χ3v) is 4.03. The van der Waals surface area contributed by atoms with Crippen molar-refractivity contribution in [2.45, 2.75) is 13.5 Å². The summed E-state index contributed by atoms with van der Waals surface area (Å²) in [6.45, 7) is 2.17. The normalized spacial score (nSPS) is 10.4. The van der Waals surface area contributed by atoms with E-state index in [2.05, 4.69) is 25.6 Å². The van der Waals surface area contributed by atoms with Crippen LogP contribution in [-0.2, 0) is 6.54 Å². The number of nitrogens with one attached hydrogen (secondary N) is 2. The summed E-state index contributed by atoms with van der Waals surface area (Å²) in [7, 11) is 0. The third-order valence-electron chi connectivity index (χ3n) is 3.46. The number of benzene rings is 1. The molecule has 0 aliphatic carbocycles. The van der Waals surface area contributed by atoms with Crippen LogP contribution < -0.4 is 10.6 Å². The van der Waals surface area contributed by atoms with Gasteiger partial charge in [-0.05, 0) is 48.9 Å². The highest BCUT2D eigenvalue weighted by molar-refractivity contribution is 6.35. The van der Waals surface area contributed by atoms with Gasteiger partial charge in [0, 0.05) is 29.7 Å². The molecule has 0 fully saturated rings. The van der Waals surface area contributed by atoms with Gasteiger partial charge < -0.3 is 10.6 Å². The molecule has 0 saturated carbocycles. The van der Waals surface area contributed by atoms with Crippen LogP contribution in [0, 0.1) is 6.92 Å². The second kappa shape index (κ2) is 8.12. The first-order chi connectivity index (χ1) is 12.5. The zero-order chi connectivity index (χ0) is 18.5. The molecule has 0 atom stereocenters. The maximum atomic E-state index is 12.4. The van der Waals surface area contributed by atoms with E-state index < -0.39 is 0 Å². The summed E-state index contributed by atoms with van der Waals surface area (Å²) in [5.41, 5.74) is 2.41. The Hall–Kier alpha value is -2.70. The summed E-state index contributed by atoms with van der Waals surface area (Å²) in [6, 6.07) is 10.3. The van der Waals surface area contributed by atoms with Gasteiger partial charge in [0.1, 0.15) is 5.69 Å². The Kier molecular flexibility index (Phi) is 5.65. The third kappa shape index (κ3) is 4.68. The number of hydrogen-bond donors (Lipinski definition) is 2. The van der Waals surface area contributed by atoms with Crippen molar-refractivity contribution in [3.05, 3.63) is 75.8 Å². The second-order valence-corrected chi connectivity index (χ2v) is 6.35. The van der Waals surface area contributed by atoms with Crippen LogP contribution in [0.1, 0.15) is 21.7 Å². The van der Waals surface area contributed by atoms with Crippen molar-refractivity contribution >= 4 is 40.7 Å². The van der Waals surface area contributed by atoms with Gasteiger partial charge in [-0.2, -0.15) is 0 Å². The zero-order valence-electron chi connectivity index (χ0n) is 13.8. The summed E-state index contributed by atoms with van der Waals surface area (Å²) in [5.74, 6) is -0.0317. The van der Waals surface area contributed by atoms with Gasteiger partial charge in [-0.15, -0.1) is 0 Å². The van der Waals surface area contributed by atoms with Crippen molar-refractivity contribution in [3.8, 4) is 0 Å². The Labute approximate surface area is 160 Å². The monoisotopic (exact) mass is 387 g/mol. The van der Waals surface area contributed by atoms with Crippen LogP contribution in [-0.4, -0.2) is 20.9 Å². The molecule has 3 aromatic rings. The highest BCUT2D eigenvalue weighted by Gasteiger charge is 2.12. The Morgan fingerprint density at radius 2 is 1.85 bits per heavy atom. The number of carbonyl (C=O) groups excluding carboxylic acids is 1. The number of rotatable bonds is 5. The van der Waals surface area contributed by atoms with E-state index in [0.717, 1.165) is 5.56 Å². The maximum absolute atomic E-state index is 12.4. The SMILES string of the molecule is Cc1cc(C(=O)NCc2ccncc2)nc(Nc2cc(Cl)ccc2Cl)n1. The molecule has 0 unspecified atom stereocenters. The molecule has 3 rings (SSSR count). The highest BCUT2D eigenvalue weighted by Crippen LogP contribution is 2.27. The zero-order valence-corrected chi connectivity index (χ0v) is 15.3. The Balaban J connectivity index is 1.76. The quantitative estimate of drug-likeness (QED) is 0.686. The van der Waals surface area contributed by atoms with E-state index in [9.17, 15) is 4.79 Å². The van der Waals surface area contributed by atoms with E-state index in [1.807, 2.05) is 12.1 Å². The Bertz CT molecular complexity index is 934. The molecule has 6 nitrogen and oxygen atoms in total. The van der Waals surface area contributed by atoms with Crippen molar-refractivity contribution in [2.75, 3.05) is 5.32 Å². The molecule has 0 bridgehead atoms. The summed E-state index contributed by atoms with van der Waals surface area (Å²) < 4.78 is 0. The lowest BCUT2D eigenvalue weighted by atomic mass is 10.2. The molecule has 1 amide bonds. The lowest BCUT2D eigenvalue weighted by Crippen LogP contribution is -2.24. The topological polar surface area (TPSA) is 79.8 Å². The number of nitrogens with zero attached hydrogens (tertiary/aromatic N) is 3. The fourth-order valence-corrected chi connectivity index (χ4v) is 2.56. The molecule has 132 valence electrons. The number of pyridine rings is 1. The molecule has 2 aromatic heterocycles. The number of aryl methyl sites for hydroxylation is 1. The number of halogens is 2. The van der Waals surface area contributed by atoms with Crippen LogP contribution in [0.25, 0.3) is 0 Å². The molecule has 0 aliphatic heterocycles. The van der Waals surface area contributed by atoms with Gasteiger partial charge in [0.05, 0.1) is 10.7 Å².